The predicted molar refractivity (Wildman–Crippen MR) is 91.0 cm³/mol. The number of likely N-dealkylation sites (tertiary alicyclic amines) is 1. The van der Waals surface area contributed by atoms with Gasteiger partial charge in [-0.15, -0.1) is 0 Å². The highest BCUT2D eigenvalue weighted by Crippen LogP contribution is 2.30. The van der Waals surface area contributed by atoms with Gasteiger partial charge in [0.25, 0.3) is 5.91 Å². The summed E-state index contributed by atoms with van der Waals surface area (Å²) in [6.07, 6.45) is -1.74. The van der Waals surface area contributed by atoms with Gasteiger partial charge < -0.3 is 4.90 Å². The first kappa shape index (κ1) is 17.0. The van der Waals surface area contributed by atoms with Crippen LogP contribution in [0.25, 0.3) is 10.1 Å². The van der Waals surface area contributed by atoms with E-state index in [-0.39, 0.29) is 11.9 Å². The van der Waals surface area contributed by atoms with Crippen molar-refractivity contribution in [3.8, 4) is 0 Å². The Morgan fingerprint density at radius 3 is 2.81 bits per heavy atom. The number of halogens is 3. The van der Waals surface area contributed by atoms with Gasteiger partial charge in [0.15, 0.2) is 5.69 Å². The van der Waals surface area contributed by atoms with Crippen LogP contribution in [0.4, 0.5) is 13.2 Å². The highest BCUT2D eigenvalue weighted by Gasteiger charge is 2.35. The number of carbonyl (C=O) groups excluding carboxylic acids is 1. The number of rotatable bonds is 2. The smallest absolute Gasteiger partial charge is 0.335 e. The molecule has 0 spiro atoms. The highest BCUT2D eigenvalue weighted by atomic mass is 32.1. The van der Waals surface area contributed by atoms with Crippen molar-refractivity contribution in [2.45, 2.75) is 25.1 Å². The summed E-state index contributed by atoms with van der Waals surface area (Å²) in [5, 5.41) is 4.46. The molecule has 5 nitrogen and oxygen atoms in total. The quantitative estimate of drug-likeness (QED) is 0.676. The molecule has 1 saturated heterocycles. The van der Waals surface area contributed by atoms with E-state index in [1.54, 1.807) is 4.90 Å². The Hall–Kier alpha value is -2.42. The molecule has 0 N–H and O–H groups in total. The zero-order chi connectivity index (χ0) is 18.3. The minimum absolute atomic E-state index is 0.185. The molecule has 3 aromatic rings. The molecule has 0 aliphatic carbocycles. The lowest BCUT2D eigenvalue weighted by Gasteiger charge is -2.32. The van der Waals surface area contributed by atoms with Crippen LogP contribution < -0.4 is 0 Å². The van der Waals surface area contributed by atoms with Gasteiger partial charge in [0, 0.05) is 24.7 Å². The molecule has 2 aromatic heterocycles. The molecule has 1 fully saturated rings. The third kappa shape index (κ3) is 3.07. The summed E-state index contributed by atoms with van der Waals surface area (Å²) < 4.78 is 44.8. The molecule has 0 bridgehead atoms. The van der Waals surface area contributed by atoms with E-state index < -0.39 is 11.9 Å². The fourth-order valence-corrected chi connectivity index (χ4v) is 4.01. The molecule has 1 amide bonds. The maximum Gasteiger partial charge on any atom is 0.435 e. The maximum atomic E-state index is 12.9. The molecule has 4 rings (SSSR count). The largest absolute Gasteiger partial charge is 0.435 e. The van der Waals surface area contributed by atoms with Gasteiger partial charge >= 0.3 is 6.18 Å². The molecular weight excluding hydrogens is 365 g/mol. The Morgan fingerprint density at radius 2 is 2.04 bits per heavy atom. The number of hydrogen-bond acceptors (Lipinski definition) is 4. The van der Waals surface area contributed by atoms with Crippen molar-refractivity contribution in [3.63, 3.8) is 0 Å². The molecule has 1 aliphatic rings. The second kappa shape index (κ2) is 6.39. The zero-order valence-corrected chi connectivity index (χ0v) is 14.4. The first-order chi connectivity index (χ1) is 12.4. The van der Waals surface area contributed by atoms with Crippen molar-refractivity contribution in [3.05, 3.63) is 47.9 Å². The standard InChI is InChI=1S/C17H15F3N4OS/c18-17(19,20)14-7-9-24(21-14)11-4-3-8-23(10-11)16(25)15-12-5-1-2-6-13(12)26-22-15/h1-2,5-7,9,11H,3-4,8,10H2. The lowest BCUT2D eigenvalue weighted by molar-refractivity contribution is -0.141. The SMILES string of the molecule is O=C(c1nsc2ccccc12)N1CCCC(n2ccc(C(F)(F)F)n2)C1. The molecule has 1 atom stereocenters. The van der Waals surface area contributed by atoms with Gasteiger partial charge in [0.05, 0.1) is 10.7 Å². The number of fused-ring (bicyclic) bond motifs is 1. The van der Waals surface area contributed by atoms with E-state index in [4.69, 9.17) is 0 Å². The molecule has 1 unspecified atom stereocenters. The second-order valence-corrected chi connectivity index (χ2v) is 7.06. The molecule has 3 heterocycles. The average Bonchev–Trinajstić information content (AvgIpc) is 3.28. The maximum absolute atomic E-state index is 12.9. The van der Waals surface area contributed by atoms with Crippen molar-refractivity contribution in [1.82, 2.24) is 19.1 Å². The van der Waals surface area contributed by atoms with Crippen molar-refractivity contribution < 1.29 is 18.0 Å². The Balaban J connectivity index is 1.55. The fraction of sp³-hybridized carbons (Fsp3) is 0.353. The third-order valence-electron chi connectivity index (χ3n) is 4.54. The van der Waals surface area contributed by atoms with Crippen molar-refractivity contribution in [2.75, 3.05) is 13.1 Å². The van der Waals surface area contributed by atoms with Crippen LogP contribution in [0.1, 0.15) is 35.1 Å². The van der Waals surface area contributed by atoms with E-state index in [0.29, 0.717) is 31.6 Å². The Morgan fingerprint density at radius 1 is 1.23 bits per heavy atom. The number of amides is 1. The van der Waals surface area contributed by atoms with Gasteiger partial charge in [-0.1, -0.05) is 18.2 Å². The molecule has 26 heavy (non-hydrogen) atoms. The van der Waals surface area contributed by atoms with Gasteiger partial charge in [-0.2, -0.15) is 22.6 Å². The Labute approximate surface area is 151 Å². The summed E-state index contributed by atoms with van der Waals surface area (Å²) in [5.74, 6) is -0.185. The van der Waals surface area contributed by atoms with Gasteiger partial charge in [-0.05, 0) is 36.5 Å². The summed E-state index contributed by atoms with van der Waals surface area (Å²) in [6.45, 7) is 0.887. The predicted octanol–water partition coefficient (Wildman–Crippen LogP) is 3.99. The van der Waals surface area contributed by atoms with Crippen LogP contribution >= 0.6 is 11.5 Å². The molecule has 0 radical (unpaired) electrons. The summed E-state index contributed by atoms with van der Waals surface area (Å²) in [7, 11) is 0. The van der Waals surface area contributed by atoms with E-state index in [1.807, 2.05) is 24.3 Å². The van der Waals surface area contributed by atoms with Gasteiger partial charge in [-0.25, -0.2) is 0 Å². The fourth-order valence-electron chi connectivity index (χ4n) is 3.24. The first-order valence-electron chi connectivity index (χ1n) is 8.19. The average molecular weight is 380 g/mol. The third-order valence-corrected chi connectivity index (χ3v) is 5.36. The number of hydrogen-bond donors (Lipinski definition) is 0. The van der Waals surface area contributed by atoms with Crippen molar-refractivity contribution in [2.24, 2.45) is 0 Å². The molecule has 1 aromatic carbocycles. The van der Waals surface area contributed by atoms with Crippen LogP contribution in [0.3, 0.4) is 0 Å². The van der Waals surface area contributed by atoms with Gasteiger partial charge in [-0.3, -0.25) is 9.48 Å². The Kier molecular flexibility index (Phi) is 4.18. The summed E-state index contributed by atoms with van der Waals surface area (Å²) in [4.78, 5) is 14.5. The number of nitrogens with zero attached hydrogens (tertiary/aromatic N) is 4. The van der Waals surface area contributed by atoms with Gasteiger partial charge in [0.1, 0.15) is 5.69 Å². The number of benzene rings is 1. The zero-order valence-electron chi connectivity index (χ0n) is 13.6. The minimum Gasteiger partial charge on any atom is -0.335 e. The summed E-state index contributed by atoms with van der Waals surface area (Å²) in [6, 6.07) is 8.21. The van der Waals surface area contributed by atoms with E-state index in [1.165, 1.54) is 22.4 Å². The first-order valence-corrected chi connectivity index (χ1v) is 8.97. The Bertz CT molecular complexity index is 949. The van der Waals surface area contributed by atoms with Crippen molar-refractivity contribution >= 4 is 27.5 Å². The normalized spacial score (nSPS) is 18.4. The van der Waals surface area contributed by atoms with Crippen LogP contribution in [0.15, 0.2) is 36.5 Å². The van der Waals surface area contributed by atoms with Crippen molar-refractivity contribution in [1.29, 1.82) is 0 Å². The topological polar surface area (TPSA) is 51.0 Å². The van der Waals surface area contributed by atoms with Crippen LogP contribution in [0, 0.1) is 0 Å². The monoisotopic (exact) mass is 380 g/mol. The number of carbonyl (C=O) groups is 1. The lowest BCUT2D eigenvalue weighted by Crippen LogP contribution is -2.41. The molecule has 9 heteroatoms. The molecule has 1 aliphatic heterocycles. The molecule has 136 valence electrons. The summed E-state index contributed by atoms with van der Waals surface area (Å²) in [5.41, 5.74) is -0.505. The molecule has 0 saturated carbocycles. The number of piperidine rings is 1. The number of alkyl halides is 3. The lowest BCUT2D eigenvalue weighted by atomic mass is 10.1. The van der Waals surface area contributed by atoms with Crippen LogP contribution in [-0.4, -0.2) is 38.1 Å². The van der Waals surface area contributed by atoms with E-state index in [0.717, 1.165) is 16.2 Å². The van der Waals surface area contributed by atoms with Crippen LogP contribution in [0.5, 0.6) is 0 Å². The minimum atomic E-state index is -4.46. The van der Waals surface area contributed by atoms with Crippen LogP contribution in [0.2, 0.25) is 0 Å². The van der Waals surface area contributed by atoms with E-state index in [9.17, 15) is 18.0 Å². The highest BCUT2D eigenvalue weighted by molar-refractivity contribution is 7.13. The number of aromatic nitrogens is 3. The van der Waals surface area contributed by atoms with E-state index >= 15 is 0 Å². The summed E-state index contributed by atoms with van der Waals surface area (Å²) >= 11 is 1.27. The van der Waals surface area contributed by atoms with Crippen LogP contribution in [-0.2, 0) is 6.18 Å². The molecular formula is C17H15F3N4OS. The van der Waals surface area contributed by atoms with Gasteiger partial charge in [0.2, 0.25) is 0 Å². The second-order valence-electron chi connectivity index (χ2n) is 6.25. The van der Waals surface area contributed by atoms with E-state index in [2.05, 4.69) is 9.47 Å².